The van der Waals surface area contributed by atoms with Crippen LogP contribution in [0.3, 0.4) is 0 Å². The summed E-state index contributed by atoms with van der Waals surface area (Å²) in [4.78, 5) is 34.6. The van der Waals surface area contributed by atoms with E-state index in [2.05, 4.69) is 0 Å². The van der Waals surface area contributed by atoms with Crippen LogP contribution in [-0.4, -0.2) is 20.2 Å². The number of rotatable bonds is 5. The summed E-state index contributed by atoms with van der Waals surface area (Å²) < 4.78 is 31.1. The molecule has 2 aromatic heterocycles. The molecule has 0 saturated heterocycles. The van der Waals surface area contributed by atoms with Crippen LogP contribution in [0.4, 0.5) is 8.78 Å². The van der Waals surface area contributed by atoms with E-state index in [9.17, 15) is 23.2 Å². The molecular weight excluding hydrogens is 358 g/mol. The van der Waals surface area contributed by atoms with Crippen molar-refractivity contribution in [1.29, 1.82) is 0 Å². The Morgan fingerprint density at radius 3 is 2.04 bits per heavy atom. The monoisotopic (exact) mass is 372 g/mol. The molecule has 6 nitrogen and oxygen atoms in total. The van der Waals surface area contributed by atoms with Crippen LogP contribution >= 0.6 is 0 Å². The van der Waals surface area contributed by atoms with Gasteiger partial charge in [0.2, 0.25) is 0 Å². The molecule has 8 heteroatoms. The molecule has 0 fully saturated rings. The second-order valence-corrected chi connectivity index (χ2v) is 5.87. The average molecular weight is 372 g/mol. The standard InChI is InChI=1S/C19H14F2N2O4/c20-17-12(9-22-8-2-1-3-15(22)24)4-5-13(18(17)21)10-23-11-14(19(26)27)6-7-16(23)25/h1-8,11H,9-10H2,(H,26,27). The molecule has 2 heterocycles. The van der Waals surface area contributed by atoms with Crippen molar-refractivity contribution in [2.45, 2.75) is 13.1 Å². The molecule has 27 heavy (non-hydrogen) atoms. The summed E-state index contributed by atoms with van der Waals surface area (Å²) >= 11 is 0. The van der Waals surface area contributed by atoms with E-state index >= 15 is 0 Å². The van der Waals surface area contributed by atoms with E-state index in [1.54, 1.807) is 12.1 Å². The van der Waals surface area contributed by atoms with Crippen molar-refractivity contribution in [3.63, 3.8) is 0 Å². The number of aromatic nitrogens is 2. The van der Waals surface area contributed by atoms with E-state index < -0.39 is 23.2 Å². The smallest absolute Gasteiger partial charge is 0.337 e. The van der Waals surface area contributed by atoms with E-state index in [4.69, 9.17) is 5.11 Å². The molecule has 0 bridgehead atoms. The van der Waals surface area contributed by atoms with Gasteiger partial charge in [-0.15, -0.1) is 0 Å². The van der Waals surface area contributed by atoms with Gasteiger partial charge < -0.3 is 14.2 Å². The number of hydrogen-bond donors (Lipinski definition) is 1. The minimum atomic E-state index is -1.24. The molecule has 138 valence electrons. The minimum absolute atomic E-state index is 0.0174. The maximum absolute atomic E-state index is 14.4. The average Bonchev–Trinajstić information content (AvgIpc) is 2.64. The molecule has 0 saturated carbocycles. The molecule has 0 spiro atoms. The Hall–Kier alpha value is -3.55. The Morgan fingerprint density at radius 1 is 0.852 bits per heavy atom. The fourth-order valence-electron chi connectivity index (χ4n) is 2.61. The molecule has 0 amide bonds. The lowest BCUT2D eigenvalue weighted by molar-refractivity contribution is 0.0696. The van der Waals surface area contributed by atoms with Crippen molar-refractivity contribution < 1.29 is 18.7 Å². The third-order valence-corrected chi connectivity index (χ3v) is 4.05. The van der Waals surface area contributed by atoms with Crippen LogP contribution in [0.2, 0.25) is 0 Å². The number of carboxylic acids is 1. The zero-order valence-electron chi connectivity index (χ0n) is 13.9. The van der Waals surface area contributed by atoms with Crippen molar-refractivity contribution in [2.24, 2.45) is 0 Å². The van der Waals surface area contributed by atoms with Gasteiger partial charge in [-0.2, -0.15) is 0 Å². The highest BCUT2D eigenvalue weighted by Crippen LogP contribution is 2.18. The SMILES string of the molecule is O=C(O)c1ccc(=O)n(Cc2ccc(Cn3ccccc3=O)c(F)c2F)c1. The molecule has 0 radical (unpaired) electrons. The van der Waals surface area contributed by atoms with E-state index in [1.807, 2.05) is 0 Å². The first-order chi connectivity index (χ1) is 12.9. The van der Waals surface area contributed by atoms with Gasteiger partial charge >= 0.3 is 5.97 Å². The first-order valence-electron chi connectivity index (χ1n) is 7.92. The normalized spacial score (nSPS) is 10.7. The Kier molecular flexibility index (Phi) is 4.98. The third-order valence-electron chi connectivity index (χ3n) is 4.05. The van der Waals surface area contributed by atoms with Crippen LogP contribution in [0.25, 0.3) is 0 Å². The highest BCUT2D eigenvalue weighted by atomic mass is 19.2. The summed E-state index contributed by atoms with van der Waals surface area (Å²) in [6.45, 7) is -0.467. The Morgan fingerprint density at radius 2 is 1.44 bits per heavy atom. The van der Waals surface area contributed by atoms with Gasteiger partial charge in [0, 0.05) is 35.7 Å². The van der Waals surface area contributed by atoms with Crippen LogP contribution in [0.15, 0.2) is 64.4 Å². The highest BCUT2D eigenvalue weighted by Gasteiger charge is 2.15. The van der Waals surface area contributed by atoms with Crippen molar-refractivity contribution in [3.8, 4) is 0 Å². The molecule has 0 aliphatic heterocycles. The third kappa shape index (κ3) is 3.84. The Balaban J connectivity index is 1.93. The predicted molar refractivity (Wildman–Crippen MR) is 92.9 cm³/mol. The molecule has 3 rings (SSSR count). The summed E-state index contributed by atoms with van der Waals surface area (Å²) in [5, 5.41) is 8.99. The summed E-state index contributed by atoms with van der Waals surface area (Å²) in [6, 6.07) is 9.28. The van der Waals surface area contributed by atoms with Gasteiger partial charge in [0.05, 0.1) is 18.7 Å². The lowest BCUT2D eigenvalue weighted by Gasteiger charge is -2.11. The number of nitrogens with zero attached hydrogens (tertiary/aromatic N) is 2. The number of carbonyl (C=O) groups is 1. The minimum Gasteiger partial charge on any atom is -0.478 e. The Labute approximate surface area is 151 Å². The van der Waals surface area contributed by atoms with Crippen LogP contribution in [0, 0.1) is 11.6 Å². The number of aromatic carboxylic acids is 1. The summed E-state index contributed by atoms with van der Waals surface area (Å²) in [5.41, 5.74) is -1.16. The maximum Gasteiger partial charge on any atom is 0.337 e. The van der Waals surface area contributed by atoms with Gasteiger partial charge in [-0.1, -0.05) is 18.2 Å². The van der Waals surface area contributed by atoms with Crippen LogP contribution < -0.4 is 11.1 Å². The van der Waals surface area contributed by atoms with Crippen LogP contribution in [0.1, 0.15) is 21.5 Å². The van der Waals surface area contributed by atoms with Gasteiger partial charge in [-0.25, -0.2) is 13.6 Å². The fourth-order valence-corrected chi connectivity index (χ4v) is 2.61. The molecule has 3 aromatic rings. The summed E-state index contributed by atoms with van der Waals surface area (Å²) in [7, 11) is 0. The molecule has 0 aliphatic rings. The van der Waals surface area contributed by atoms with Crippen molar-refractivity contribution >= 4 is 5.97 Å². The first kappa shape index (κ1) is 18.2. The highest BCUT2D eigenvalue weighted by molar-refractivity contribution is 5.87. The van der Waals surface area contributed by atoms with Crippen molar-refractivity contribution in [1.82, 2.24) is 9.13 Å². The quantitative estimate of drug-likeness (QED) is 0.744. The molecule has 0 unspecified atom stereocenters. The molecule has 1 N–H and O–H groups in total. The summed E-state index contributed by atoms with van der Waals surface area (Å²) in [6.07, 6.45) is 2.53. The van der Waals surface area contributed by atoms with Gasteiger partial charge in [0.1, 0.15) is 0 Å². The van der Waals surface area contributed by atoms with Crippen LogP contribution in [0.5, 0.6) is 0 Å². The fraction of sp³-hybridized carbons (Fsp3) is 0.105. The number of carboxylic acid groups (broad SMARTS) is 1. The van der Waals surface area contributed by atoms with Gasteiger partial charge in [0.25, 0.3) is 11.1 Å². The Bertz CT molecular complexity index is 1140. The number of halogens is 2. The van der Waals surface area contributed by atoms with Crippen molar-refractivity contribution in [3.05, 3.63) is 104 Å². The molecule has 1 aromatic carbocycles. The summed E-state index contributed by atoms with van der Waals surface area (Å²) in [5.74, 6) is -3.51. The van der Waals surface area contributed by atoms with E-state index in [-0.39, 0.29) is 35.3 Å². The largest absolute Gasteiger partial charge is 0.478 e. The molecule has 0 aliphatic carbocycles. The van der Waals surface area contributed by atoms with Gasteiger partial charge in [-0.3, -0.25) is 9.59 Å². The number of hydrogen-bond acceptors (Lipinski definition) is 3. The second-order valence-electron chi connectivity index (χ2n) is 5.87. The number of benzene rings is 1. The molecule has 0 atom stereocenters. The maximum atomic E-state index is 14.4. The lowest BCUT2D eigenvalue weighted by Crippen LogP contribution is -2.22. The van der Waals surface area contributed by atoms with Gasteiger partial charge in [0.15, 0.2) is 11.6 Å². The topological polar surface area (TPSA) is 81.3 Å². The lowest BCUT2D eigenvalue weighted by atomic mass is 10.1. The van der Waals surface area contributed by atoms with Gasteiger partial charge in [-0.05, 0) is 12.1 Å². The first-order valence-corrected chi connectivity index (χ1v) is 7.92. The van der Waals surface area contributed by atoms with E-state index in [1.165, 1.54) is 29.0 Å². The number of pyridine rings is 2. The molecular formula is C19H14F2N2O4. The van der Waals surface area contributed by atoms with Crippen LogP contribution in [-0.2, 0) is 13.1 Å². The van der Waals surface area contributed by atoms with E-state index in [0.717, 1.165) is 22.9 Å². The van der Waals surface area contributed by atoms with Crippen molar-refractivity contribution in [2.75, 3.05) is 0 Å². The van der Waals surface area contributed by atoms with E-state index in [0.29, 0.717) is 0 Å². The predicted octanol–water partition coefficient (Wildman–Crippen LogP) is 2.08. The zero-order valence-corrected chi connectivity index (χ0v) is 13.9. The zero-order chi connectivity index (χ0) is 19.6. The second kappa shape index (κ2) is 7.36.